The molecule has 0 saturated carbocycles. The van der Waals surface area contributed by atoms with Gasteiger partial charge in [0, 0.05) is 19.2 Å². The van der Waals surface area contributed by atoms with Crippen molar-refractivity contribution in [3.8, 4) is 5.75 Å². The number of halogens is 1. The van der Waals surface area contributed by atoms with Crippen molar-refractivity contribution in [3.63, 3.8) is 0 Å². The lowest BCUT2D eigenvalue weighted by Gasteiger charge is -2.25. The number of Topliss-reactive ketones (excluding diaryl/α,β-unsaturated/α-hetero) is 1. The summed E-state index contributed by atoms with van der Waals surface area (Å²) in [5, 5.41) is 10.9. The number of carbonyl (C=O) groups is 2. The van der Waals surface area contributed by atoms with Gasteiger partial charge in [0.25, 0.3) is 11.7 Å². The number of benzene rings is 2. The highest BCUT2D eigenvalue weighted by Gasteiger charge is 2.46. The predicted octanol–water partition coefficient (Wildman–Crippen LogP) is 3.21. The number of ether oxygens (including phenoxy) is 2. The third-order valence-electron chi connectivity index (χ3n) is 4.92. The number of likely N-dealkylation sites (tertiary alicyclic amines) is 1. The summed E-state index contributed by atoms with van der Waals surface area (Å²) in [6.45, 7) is 1.95. The van der Waals surface area contributed by atoms with E-state index in [4.69, 9.17) is 9.47 Å². The molecule has 0 spiro atoms. The first-order chi connectivity index (χ1) is 13.9. The lowest BCUT2D eigenvalue weighted by molar-refractivity contribution is -0.140. The second-order valence-electron chi connectivity index (χ2n) is 6.73. The standard InChI is InChI=1S/C22H22FNO5/c1-13-11-15(7-8-17(13)23)20(25)18-19(14-5-4-6-16(12-14)29-3)24(9-10-28-2)22(27)21(18)26/h4-8,11-12,19,25H,9-10H2,1-3H3/b20-18-. The molecule has 1 aliphatic heterocycles. The van der Waals surface area contributed by atoms with Crippen molar-refractivity contribution in [1.29, 1.82) is 0 Å². The maximum absolute atomic E-state index is 13.6. The van der Waals surface area contributed by atoms with E-state index < -0.39 is 23.5 Å². The summed E-state index contributed by atoms with van der Waals surface area (Å²) in [6, 6.07) is 10.2. The van der Waals surface area contributed by atoms with Crippen molar-refractivity contribution < 1.29 is 28.6 Å². The molecule has 0 aromatic heterocycles. The second kappa shape index (κ2) is 8.45. The summed E-state index contributed by atoms with van der Waals surface area (Å²) in [5.74, 6) is -1.74. The van der Waals surface area contributed by atoms with Gasteiger partial charge in [0.2, 0.25) is 0 Å². The molecule has 1 N–H and O–H groups in total. The van der Waals surface area contributed by atoms with Gasteiger partial charge in [-0.05, 0) is 48.4 Å². The molecule has 1 amide bonds. The number of rotatable bonds is 6. The lowest BCUT2D eigenvalue weighted by atomic mass is 9.94. The molecule has 152 valence electrons. The third-order valence-corrected chi connectivity index (χ3v) is 4.92. The van der Waals surface area contributed by atoms with Crippen LogP contribution in [0.25, 0.3) is 5.76 Å². The molecular formula is C22H22FNO5. The first-order valence-corrected chi connectivity index (χ1v) is 9.06. The zero-order valence-electron chi connectivity index (χ0n) is 16.4. The number of hydrogen-bond acceptors (Lipinski definition) is 5. The van der Waals surface area contributed by atoms with Gasteiger partial charge in [-0.2, -0.15) is 0 Å². The Kier molecular flexibility index (Phi) is 5.98. The predicted molar refractivity (Wildman–Crippen MR) is 105 cm³/mol. The Bertz CT molecular complexity index is 985. The number of amides is 1. The van der Waals surface area contributed by atoms with Crippen molar-refractivity contribution in [2.24, 2.45) is 0 Å². The Balaban J connectivity index is 2.19. The number of ketones is 1. The zero-order valence-corrected chi connectivity index (χ0v) is 16.4. The van der Waals surface area contributed by atoms with Crippen molar-refractivity contribution in [2.45, 2.75) is 13.0 Å². The molecule has 1 atom stereocenters. The molecular weight excluding hydrogens is 377 g/mol. The first kappa shape index (κ1) is 20.5. The van der Waals surface area contributed by atoms with Crippen LogP contribution in [0.4, 0.5) is 4.39 Å². The largest absolute Gasteiger partial charge is 0.507 e. The van der Waals surface area contributed by atoms with Crippen LogP contribution in [0.3, 0.4) is 0 Å². The van der Waals surface area contributed by atoms with Crippen LogP contribution in [-0.2, 0) is 14.3 Å². The van der Waals surface area contributed by atoms with Gasteiger partial charge in [-0.1, -0.05) is 12.1 Å². The van der Waals surface area contributed by atoms with E-state index in [0.717, 1.165) is 0 Å². The smallest absolute Gasteiger partial charge is 0.295 e. The molecule has 1 unspecified atom stereocenters. The van der Waals surface area contributed by atoms with Gasteiger partial charge in [0.1, 0.15) is 17.3 Å². The fourth-order valence-corrected chi connectivity index (χ4v) is 3.41. The van der Waals surface area contributed by atoms with Gasteiger partial charge >= 0.3 is 0 Å². The van der Waals surface area contributed by atoms with E-state index >= 15 is 0 Å². The van der Waals surface area contributed by atoms with E-state index in [1.165, 1.54) is 37.3 Å². The summed E-state index contributed by atoms with van der Waals surface area (Å²) < 4.78 is 24.0. The maximum Gasteiger partial charge on any atom is 0.295 e. The Morgan fingerprint density at radius 1 is 1.17 bits per heavy atom. The maximum atomic E-state index is 13.6. The average molecular weight is 399 g/mol. The molecule has 6 nitrogen and oxygen atoms in total. The summed E-state index contributed by atoms with van der Waals surface area (Å²) in [7, 11) is 3.01. The van der Waals surface area contributed by atoms with E-state index in [0.29, 0.717) is 16.9 Å². The fourth-order valence-electron chi connectivity index (χ4n) is 3.41. The first-order valence-electron chi connectivity index (χ1n) is 9.06. The van der Waals surface area contributed by atoms with Crippen molar-refractivity contribution in [3.05, 3.63) is 70.5 Å². The molecule has 3 rings (SSSR count). The van der Waals surface area contributed by atoms with Crippen LogP contribution in [0.1, 0.15) is 22.7 Å². The Morgan fingerprint density at radius 2 is 1.93 bits per heavy atom. The number of carbonyl (C=O) groups excluding carboxylic acids is 2. The quantitative estimate of drug-likeness (QED) is 0.459. The number of aliphatic hydroxyl groups excluding tert-OH is 1. The van der Waals surface area contributed by atoms with Crippen LogP contribution in [-0.4, -0.2) is 49.1 Å². The van der Waals surface area contributed by atoms with Gasteiger partial charge in [0.15, 0.2) is 0 Å². The zero-order chi connectivity index (χ0) is 21.1. The van der Waals surface area contributed by atoms with Gasteiger partial charge in [-0.15, -0.1) is 0 Å². The molecule has 2 aromatic carbocycles. The van der Waals surface area contributed by atoms with E-state index in [1.54, 1.807) is 31.2 Å². The number of methoxy groups -OCH3 is 2. The number of aryl methyl sites for hydroxylation is 1. The van der Waals surface area contributed by atoms with Crippen molar-refractivity contribution in [1.82, 2.24) is 4.90 Å². The monoisotopic (exact) mass is 399 g/mol. The summed E-state index contributed by atoms with van der Waals surface area (Å²) in [6.07, 6.45) is 0. The topological polar surface area (TPSA) is 76.1 Å². The lowest BCUT2D eigenvalue weighted by Crippen LogP contribution is -2.32. The molecule has 7 heteroatoms. The molecule has 0 radical (unpaired) electrons. The van der Waals surface area contributed by atoms with Crippen molar-refractivity contribution in [2.75, 3.05) is 27.4 Å². The molecule has 1 aliphatic rings. The molecule has 29 heavy (non-hydrogen) atoms. The number of hydrogen-bond donors (Lipinski definition) is 1. The minimum absolute atomic E-state index is 0.0506. The summed E-state index contributed by atoms with van der Waals surface area (Å²) in [4.78, 5) is 26.9. The average Bonchev–Trinajstić information content (AvgIpc) is 2.98. The summed E-state index contributed by atoms with van der Waals surface area (Å²) in [5.41, 5.74) is 1.15. The van der Waals surface area contributed by atoms with Gasteiger partial charge < -0.3 is 19.5 Å². The highest BCUT2D eigenvalue weighted by atomic mass is 19.1. The van der Waals surface area contributed by atoms with Crippen LogP contribution < -0.4 is 4.74 Å². The molecule has 1 saturated heterocycles. The minimum Gasteiger partial charge on any atom is -0.507 e. The van der Waals surface area contributed by atoms with Gasteiger partial charge in [-0.3, -0.25) is 9.59 Å². The highest BCUT2D eigenvalue weighted by Crippen LogP contribution is 2.40. The van der Waals surface area contributed by atoms with Gasteiger partial charge in [-0.25, -0.2) is 4.39 Å². The van der Waals surface area contributed by atoms with Crippen LogP contribution in [0, 0.1) is 12.7 Å². The molecule has 0 aliphatic carbocycles. The Morgan fingerprint density at radius 3 is 2.59 bits per heavy atom. The third kappa shape index (κ3) is 3.86. The summed E-state index contributed by atoms with van der Waals surface area (Å²) >= 11 is 0. The molecule has 0 bridgehead atoms. The van der Waals surface area contributed by atoms with E-state index in [2.05, 4.69) is 0 Å². The van der Waals surface area contributed by atoms with E-state index in [9.17, 15) is 19.1 Å². The molecule has 1 heterocycles. The Hall–Kier alpha value is -3.19. The molecule has 2 aromatic rings. The molecule has 1 fully saturated rings. The van der Waals surface area contributed by atoms with Crippen molar-refractivity contribution >= 4 is 17.4 Å². The van der Waals surface area contributed by atoms with Crippen LogP contribution in [0.15, 0.2) is 48.0 Å². The van der Waals surface area contributed by atoms with E-state index in [1.807, 2.05) is 0 Å². The fraction of sp³-hybridized carbons (Fsp3) is 0.273. The van der Waals surface area contributed by atoms with E-state index in [-0.39, 0.29) is 30.0 Å². The Labute approximate surface area is 168 Å². The SMILES string of the molecule is COCCN1C(=O)C(=O)/C(=C(\O)c2ccc(F)c(C)c2)C1c1cccc(OC)c1. The second-order valence-corrected chi connectivity index (χ2v) is 6.73. The van der Waals surface area contributed by atoms with Crippen LogP contribution in [0.2, 0.25) is 0 Å². The highest BCUT2D eigenvalue weighted by molar-refractivity contribution is 6.46. The van der Waals surface area contributed by atoms with Crippen LogP contribution >= 0.6 is 0 Å². The van der Waals surface area contributed by atoms with Gasteiger partial charge in [0.05, 0.1) is 25.3 Å². The van der Waals surface area contributed by atoms with Crippen LogP contribution in [0.5, 0.6) is 5.75 Å². The number of aliphatic hydroxyl groups is 1. The minimum atomic E-state index is -0.814. The number of nitrogens with zero attached hydrogens (tertiary/aromatic N) is 1. The normalized spacial score (nSPS) is 18.3.